The Morgan fingerprint density at radius 1 is 1.35 bits per heavy atom. The van der Waals surface area contributed by atoms with Crippen molar-refractivity contribution in [3.63, 3.8) is 0 Å². The average molecular weight is 240 g/mol. The van der Waals surface area contributed by atoms with Gasteiger partial charge in [-0.1, -0.05) is 6.07 Å². The van der Waals surface area contributed by atoms with Gasteiger partial charge in [-0.2, -0.15) is 0 Å². The topological polar surface area (TPSA) is 87.0 Å². The number of aliphatic hydroxyl groups excluding tert-OH is 1. The summed E-state index contributed by atoms with van der Waals surface area (Å²) in [5.74, 6) is -1.20. The van der Waals surface area contributed by atoms with Crippen LogP contribution in [0.4, 0.5) is 0 Å². The van der Waals surface area contributed by atoms with E-state index in [9.17, 15) is 15.0 Å². The van der Waals surface area contributed by atoms with Crippen molar-refractivity contribution < 1.29 is 24.9 Å². The van der Waals surface area contributed by atoms with E-state index >= 15 is 0 Å². The quantitative estimate of drug-likeness (QED) is 0.744. The molecule has 0 saturated heterocycles. The largest absolute Gasteiger partial charge is 0.504 e. The van der Waals surface area contributed by atoms with E-state index in [-0.39, 0.29) is 23.2 Å². The summed E-state index contributed by atoms with van der Waals surface area (Å²) >= 11 is 0. The highest BCUT2D eigenvalue weighted by Crippen LogP contribution is 2.35. The van der Waals surface area contributed by atoms with Gasteiger partial charge in [-0.25, -0.2) is 4.79 Å². The van der Waals surface area contributed by atoms with Crippen LogP contribution in [0, 0.1) is 6.92 Å². The summed E-state index contributed by atoms with van der Waals surface area (Å²) in [7, 11) is 0. The molecule has 0 aromatic heterocycles. The second-order valence-corrected chi connectivity index (χ2v) is 4.04. The maximum atomic E-state index is 10.7. The SMILES string of the molecule is Cc1c(C(O)C(=O)O)ccc(O)c1OC(C)C. The van der Waals surface area contributed by atoms with Crippen molar-refractivity contribution in [3.05, 3.63) is 23.3 Å². The van der Waals surface area contributed by atoms with E-state index in [1.165, 1.54) is 12.1 Å². The van der Waals surface area contributed by atoms with E-state index in [1.54, 1.807) is 20.8 Å². The zero-order valence-electron chi connectivity index (χ0n) is 9.97. The molecule has 0 amide bonds. The van der Waals surface area contributed by atoms with Crippen molar-refractivity contribution in [2.75, 3.05) is 0 Å². The van der Waals surface area contributed by atoms with E-state index in [0.29, 0.717) is 5.56 Å². The Kier molecular flexibility index (Phi) is 3.96. The molecular formula is C12H16O5. The third-order valence-electron chi connectivity index (χ3n) is 2.31. The van der Waals surface area contributed by atoms with Crippen molar-refractivity contribution in [1.29, 1.82) is 0 Å². The van der Waals surface area contributed by atoms with Crippen LogP contribution >= 0.6 is 0 Å². The zero-order valence-corrected chi connectivity index (χ0v) is 9.97. The molecule has 0 aliphatic carbocycles. The fraction of sp³-hybridized carbons (Fsp3) is 0.417. The minimum Gasteiger partial charge on any atom is -0.504 e. The van der Waals surface area contributed by atoms with Crippen molar-refractivity contribution in [2.24, 2.45) is 0 Å². The molecule has 5 nitrogen and oxygen atoms in total. The Morgan fingerprint density at radius 2 is 1.94 bits per heavy atom. The van der Waals surface area contributed by atoms with Crippen LogP contribution in [0.3, 0.4) is 0 Å². The van der Waals surface area contributed by atoms with Gasteiger partial charge in [0.05, 0.1) is 6.10 Å². The van der Waals surface area contributed by atoms with Crippen LogP contribution in [0.25, 0.3) is 0 Å². The molecule has 0 saturated carbocycles. The fourth-order valence-electron chi connectivity index (χ4n) is 1.51. The molecule has 0 aliphatic heterocycles. The second-order valence-electron chi connectivity index (χ2n) is 4.04. The van der Waals surface area contributed by atoms with Gasteiger partial charge in [-0.3, -0.25) is 0 Å². The Morgan fingerprint density at radius 3 is 2.41 bits per heavy atom. The molecule has 3 N–H and O–H groups in total. The van der Waals surface area contributed by atoms with Crippen molar-refractivity contribution >= 4 is 5.97 Å². The number of phenolic OH excluding ortho intramolecular Hbond substituents is 1. The summed E-state index contributed by atoms with van der Waals surface area (Å²) in [6, 6.07) is 2.68. The van der Waals surface area contributed by atoms with E-state index < -0.39 is 12.1 Å². The molecule has 1 aromatic carbocycles. The Balaban J connectivity index is 3.23. The number of phenols is 1. The molecule has 5 heteroatoms. The lowest BCUT2D eigenvalue weighted by Gasteiger charge is -2.17. The van der Waals surface area contributed by atoms with Crippen LogP contribution in [0.15, 0.2) is 12.1 Å². The van der Waals surface area contributed by atoms with Gasteiger partial charge in [-0.05, 0) is 32.4 Å². The molecule has 0 radical (unpaired) electrons. The lowest BCUT2D eigenvalue weighted by molar-refractivity contribution is -0.147. The smallest absolute Gasteiger partial charge is 0.337 e. The molecule has 1 rings (SSSR count). The highest BCUT2D eigenvalue weighted by Gasteiger charge is 2.22. The summed E-state index contributed by atoms with van der Waals surface area (Å²) in [4.78, 5) is 10.7. The molecule has 0 spiro atoms. The number of carbonyl (C=O) groups is 1. The third-order valence-corrected chi connectivity index (χ3v) is 2.31. The average Bonchev–Trinajstić information content (AvgIpc) is 2.23. The predicted molar refractivity (Wildman–Crippen MR) is 61.2 cm³/mol. The van der Waals surface area contributed by atoms with Crippen molar-refractivity contribution in [3.8, 4) is 11.5 Å². The van der Waals surface area contributed by atoms with Crippen molar-refractivity contribution in [1.82, 2.24) is 0 Å². The maximum Gasteiger partial charge on any atom is 0.337 e. The van der Waals surface area contributed by atoms with E-state index in [2.05, 4.69) is 0 Å². The summed E-state index contributed by atoms with van der Waals surface area (Å²) in [6.07, 6.45) is -1.78. The first kappa shape index (κ1) is 13.3. The number of carboxylic acids is 1. The third kappa shape index (κ3) is 2.88. The monoisotopic (exact) mass is 240 g/mol. The number of aliphatic carboxylic acids is 1. The van der Waals surface area contributed by atoms with E-state index in [0.717, 1.165) is 0 Å². The molecule has 0 fully saturated rings. The molecule has 1 unspecified atom stereocenters. The van der Waals surface area contributed by atoms with Crippen LogP contribution in [0.2, 0.25) is 0 Å². The van der Waals surface area contributed by atoms with Gasteiger partial charge in [0.1, 0.15) is 0 Å². The van der Waals surface area contributed by atoms with E-state index in [4.69, 9.17) is 9.84 Å². The number of carboxylic acid groups (broad SMARTS) is 1. The Bertz CT molecular complexity index is 425. The van der Waals surface area contributed by atoms with Crippen LogP contribution in [-0.4, -0.2) is 27.4 Å². The van der Waals surface area contributed by atoms with Gasteiger partial charge >= 0.3 is 5.97 Å². The first-order chi connectivity index (χ1) is 7.84. The van der Waals surface area contributed by atoms with Crippen LogP contribution in [-0.2, 0) is 4.79 Å². The summed E-state index contributed by atoms with van der Waals surface area (Å²) in [5.41, 5.74) is 0.638. The Labute approximate surface area is 99.3 Å². The number of ether oxygens (including phenoxy) is 1. The first-order valence-corrected chi connectivity index (χ1v) is 5.24. The highest BCUT2D eigenvalue weighted by atomic mass is 16.5. The lowest BCUT2D eigenvalue weighted by Crippen LogP contribution is -2.13. The van der Waals surface area contributed by atoms with Gasteiger partial charge in [0.2, 0.25) is 0 Å². The molecule has 94 valence electrons. The summed E-state index contributed by atoms with van der Waals surface area (Å²) in [6.45, 7) is 5.18. The van der Waals surface area contributed by atoms with Crippen molar-refractivity contribution in [2.45, 2.75) is 33.0 Å². The summed E-state index contributed by atoms with van der Waals surface area (Å²) < 4.78 is 5.39. The molecule has 0 bridgehead atoms. The van der Waals surface area contributed by atoms with Crippen LogP contribution < -0.4 is 4.74 Å². The first-order valence-electron chi connectivity index (χ1n) is 5.24. The molecule has 17 heavy (non-hydrogen) atoms. The van der Waals surface area contributed by atoms with Gasteiger partial charge in [0.15, 0.2) is 17.6 Å². The minimum atomic E-state index is -1.62. The number of benzene rings is 1. The number of rotatable bonds is 4. The molecular weight excluding hydrogens is 224 g/mol. The van der Waals surface area contributed by atoms with Crippen LogP contribution in [0.1, 0.15) is 31.1 Å². The number of hydrogen-bond acceptors (Lipinski definition) is 4. The molecule has 0 aliphatic rings. The minimum absolute atomic E-state index is 0.0717. The number of aromatic hydroxyl groups is 1. The zero-order chi connectivity index (χ0) is 13.2. The van der Waals surface area contributed by atoms with Gasteiger partial charge < -0.3 is 20.1 Å². The molecule has 0 heterocycles. The predicted octanol–water partition coefficient (Wildman–Crippen LogP) is 1.61. The second kappa shape index (κ2) is 5.05. The number of hydrogen-bond donors (Lipinski definition) is 3. The molecule has 1 atom stereocenters. The Hall–Kier alpha value is -1.75. The lowest BCUT2D eigenvalue weighted by atomic mass is 10.0. The van der Waals surface area contributed by atoms with Gasteiger partial charge in [-0.15, -0.1) is 0 Å². The van der Waals surface area contributed by atoms with E-state index in [1.807, 2.05) is 0 Å². The van der Waals surface area contributed by atoms with Gasteiger partial charge in [0, 0.05) is 5.56 Å². The molecule has 1 aromatic rings. The highest BCUT2D eigenvalue weighted by molar-refractivity contribution is 5.75. The number of aliphatic hydroxyl groups is 1. The summed E-state index contributed by atoms with van der Waals surface area (Å²) in [5, 5.41) is 27.9. The normalized spacial score (nSPS) is 12.5. The van der Waals surface area contributed by atoms with Crippen LogP contribution in [0.5, 0.6) is 11.5 Å². The maximum absolute atomic E-state index is 10.7. The van der Waals surface area contributed by atoms with Gasteiger partial charge in [0.25, 0.3) is 0 Å². The standard InChI is InChI=1S/C12H16O5/c1-6(2)17-11-7(3)8(4-5-9(11)13)10(14)12(15)16/h4-6,10,13-14H,1-3H3,(H,15,16). The fourth-order valence-corrected chi connectivity index (χ4v) is 1.51.